The molecule has 1 aliphatic rings. The van der Waals surface area contributed by atoms with Crippen LogP contribution in [-0.2, 0) is 0 Å². The van der Waals surface area contributed by atoms with E-state index in [0.717, 1.165) is 44.1 Å². The standard InChI is InChI=1S/C18H30N2O2/c1-4-5-7-15(2)22-18-14-16(8-9-17(18)21-3)20-12-6-10-19-11-13-20/h8-9,14-15,19H,4-7,10-13H2,1-3H3. The molecule has 1 aromatic carbocycles. The van der Waals surface area contributed by atoms with Crippen molar-refractivity contribution in [1.82, 2.24) is 5.32 Å². The number of ether oxygens (including phenoxy) is 2. The van der Waals surface area contributed by atoms with Crippen molar-refractivity contribution in [2.75, 3.05) is 38.2 Å². The molecule has 1 N–H and O–H groups in total. The Balaban J connectivity index is 2.10. The average Bonchev–Trinajstić information content (AvgIpc) is 2.82. The predicted octanol–water partition coefficient (Wildman–Crippen LogP) is 3.45. The molecule has 0 bridgehead atoms. The summed E-state index contributed by atoms with van der Waals surface area (Å²) in [5.41, 5.74) is 1.22. The topological polar surface area (TPSA) is 33.7 Å². The molecule has 1 aliphatic heterocycles. The summed E-state index contributed by atoms with van der Waals surface area (Å²) in [6.45, 7) is 8.61. The monoisotopic (exact) mass is 306 g/mol. The van der Waals surface area contributed by atoms with Crippen LogP contribution < -0.4 is 19.7 Å². The highest BCUT2D eigenvalue weighted by molar-refractivity contribution is 5.56. The van der Waals surface area contributed by atoms with Gasteiger partial charge in [-0.15, -0.1) is 0 Å². The van der Waals surface area contributed by atoms with Crippen LogP contribution in [0.1, 0.15) is 39.5 Å². The lowest BCUT2D eigenvalue weighted by Crippen LogP contribution is -2.27. The highest BCUT2D eigenvalue weighted by Gasteiger charge is 2.14. The summed E-state index contributed by atoms with van der Waals surface area (Å²) in [7, 11) is 1.70. The molecule has 0 saturated carbocycles. The van der Waals surface area contributed by atoms with Crippen LogP contribution in [0.15, 0.2) is 18.2 Å². The summed E-state index contributed by atoms with van der Waals surface area (Å²) in [5.74, 6) is 1.68. The van der Waals surface area contributed by atoms with Gasteiger partial charge < -0.3 is 19.7 Å². The molecular weight excluding hydrogens is 276 g/mol. The summed E-state index contributed by atoms with van der Waals surface area (Å²) in [4.78, 5) is 2.42. The summed E-state index contributed by atoms with van der Waals surface area (Å²) in [5, 5.41) is 3.44. The Kier molecular flexibility index (Phi) is 6.84. The second-order valence-electron chi connectivity index (χ2n) is 6.00. The fourth-order valence-corrected chi connectivity index (χ4v) is 2.83. The SMILES string of the molecule is CCCCC(C)Oc1cc(N2CCCNCC2)ccc1OC. The molecule has 4 heteroatoms. The molecule has 4 nitrogen and oxygen atoms in total. The van der Waals surface area contributed by atoms with Crippen molar-refractivity contribution in [2.45, 2.75) is 45.6 Å². The first-order valence-corrected chi connectivity index (χ1v) is 8.55. The summed E-state index contributed by atoms with van der Waals surface area (Å²) < 4.78 is 11.6. The highest BCUT2D eigenvalue weighted by Crippen LogP contribution is 2.33. The lowest BCUT2D eigenvalue weighted by molar-refractivity contribution is 0.198. The van der Waals surface area contributed by atoms with E-state index in [1.54, 1.807) is 7.11 Å². The largest absolute Gasteiger partial charge is 0.493 e. The first-order valence-electron chi connectivity index (χ1n) is 8.55. The first kappa shape index (κ1) is 16.9. The van der Waals surface area contributed by atoms with Crippen molar-refractivity contribution in [2.24, 2.45) is 0 Å². The van der Waals surface area contributed by atoms with Crippen molar-refractivity contribution in [3.05, 3.63) is 18.2 Å². The number of anilines is 1. The maximum absolute atomic E-state index is 6.13. The number of unbranched alkanes of at least 4 members (excludes halogenated alkanes) is 1. The Morgan fingerprint density at radius 3 is 2.86 bits per heavy atom. The zero-order chi connectivity index (χ0) is 15.8. The van der Waals surface area contributed by atoms with E-state index in [2.05, 4.69) is 36.2 Å². The normalized spacial score (nSPS) is 17.0. The lowest BCUT2D eigenvalue weighted by atomic mass is 10.2. The maximum Gasteiger partial charge on any atom is 0.163 e. The maximum atomic E-state index is 6.13. The Morgan fingerprint density at radius 2 is 2.09 bits per heavy atom. The van der Waals surface area contributed by atoms with Crippen LogP contribution in [0.3, 0.4) is 0 Å². The van der Waals surface area contributed by atoms with Gasteiger partial charge in [-0.3, -0.25) is 0 Å². The van der Waals surface area contributed by atoms with Gasteiger partial charge >= 0.3 is 0 Å². The Hall–Kier alpha value is -1.42. The van der Waals surface area contributed by atoms with Crippen LogP contribution >= 0.6 is 0 Å². The molecule has 124 valence electrons. The van der Waals surface area contributed by atoms with E-state index < -0.39 is 0 Å². The average molecular weight is 306 g/mol. The third kappa shape index (κ3) is 4.80. The van der Waals surface area contributed by atoms with E-state index in [-0.39, 0.29) is 6.10 Å². The van der Waals surface area contributed by atoms with Crippen LogP contribution in [0.5, 0.6) is 11.5 Å². The number of benzene rings is 1. The van der Waals surface area contributed by atoms with Gasteiger partial charge in [0.2, 0.25) is 0 Å². The lowest BCUT2D eigenvalue weighted by Gasteiger charge is -2.24. The summed E-state index contributed by atoms with van der Waals surface area (Å²) >= 11 is 0. The second kappa shape index (κ2) is 8.89. The van der Waals surface area contributed by atoms with E-state index >= 15 is 0 Å². The van der Waals surface area contributed by atoms with Crippen LogP contribution in [0.2, 0.25) is 0 Å². The van der Waals surface area contributed by atoms with E-state index in [9.17, 15) is 0 Å². The van der Waals surface area contributed by atoms with Gasteiger partial charge in [0.25, 0.3) is 0 Å². The van der Waals surface area contributed by atoms with E-state index in [4.69, 9.17) is 9.47 Å². The molecule has 1 fully saturated rings. The van der Waals surface area contributed by atoms with Gasteiger partial charge in [0, 0.05) is 31.4 Å². The molecule has 0 amide bonds. The van der Waals surface area contributed by atoms with Gasteiger partial charge in [0.1, 0.15) is 0 Å². The number of nitrogens with zero attached hydrogens (tertiary/aromatic N) is 1. The fourth-order valence-electron chi connectivity index (χ4n) is 2.83. The van der Waals surface area contributed by atoms with Crippen molar-refractivity contribution >= 4 is 5.69 Å². The summed E-state index contributed by atoms with van der Waals surface area (Å²) in [6.07, 6.45) is 4.87. The fraction of sp³-hybridized carbons (Fsp3) is 0.667. The molecule has 22 heavy (non-hydrogen) atoms. The van der Waals surface area contributed by atoms with Gasteiger partial charge in [0.15, 0.2) is 11.5 Å². The van der Waals surface area contributed by atoms with Crippen molar-refractivity contribution in [1.29, 1.82) is 0 Å². The van der Waals surface area contributed by atoms with Gasteiger partial charge in [-0.25, -0.2) is 0 Å². The number of hydrogen-bond acceptors (Lipinski definition) is 4. The minimum Gasteiger partial charge on any atom is -0.493 e. The number of rotatable bonds is 7. The van der Waals surface area contributed by atoms with E-state index in [0.29, 0.717) is 0 Å². The van der Waals surface area contributed by atoms with Crippen LogP contribution in [0, 0.1) is 0 Å². The minimum absolute atomic E-state index is 0.218. The van der Waals surface area contributed by atoms with E-state index in [1.807, 2.05) is 6.07 Å². The molecule has 1 aromatic rings. The second-order valence-corrected chi connectivity index (χ2v) is 6.00. The number of methoxy groups -OCH3 is 1. The predicted molar refractivity (Wildman–Crippen MR) is 92.3 cm³/mol. The van der Waals surface area contributed by atoms with Gasteiger partial charge in [-0.2, -0.15) is 0 Å². The molecule has 1 atom stereocenters. The van der Waals surface area contributed by atoms with Crippen LogP contribution in [-0.4, -0.2) is 39.4 Å². The number of hydrogen-bond donors (Lipinski definition) is 1. The zero-order valence-corrected chi connectivity index (χ0v) is 14.2. The minimum atomic E-state index is 0.218. The quantitative estimate of drug-likeness (QED) is 0.836. The Morgan fingerprint density at radius 1 is 1.23 bits per heavy atom. The molecule has 0 spiro atoms. The van der Waals surface area contributed by atoms with Crippen LogP contribution in [0.4, 0.5) is 5.69 Å². The first-order chi connectivity index (χ1) is 10.7. The molecule has 1 heterocycles. The third-order valence-corrected chi connectivity index (χ3v) is 4.14. The van der Waals surface area contributed by atoms with Gasteiger partial charge in [-0.1, -0.05) is 19.8 Å². The third-order valence-electron chi connectivity index (χ3n) is 4.14. The Labute approximate surface area is 134 Å². The smallest absolute Gasteiger partial charge is 0.163 e. The molecule has 0 aromatic heterocycles. The molecular formula is C18H30N2O2. The van der Waals surface area contributed by atoms with Crippen LogP contribution in [0.25, 0.3) is 0 Å². The summed E-state index contributed by atoms with van der Waals surface area (Å²) in [6, 6.07) is 6.29. The Bertz CT molecular complexity index is 443. The van der Waals surface area contributed by atoms with E-state index in [1.165, 1.54) is 24.9 Å². The van der Waals surface area contributed by atoms with Crippen molar-refractivity contribution in [3.8, 4) is 11.5 Å². The van der Waals surface area contributed by atoms with Crippen molar-refractivity contribution in [3.63, 3.8) is 0 Å². The highest BCUT2D eigenvalue weighted by atomic mass is 16.5. The molecule has 0 aliphatic carbocycles. The molecule has 1 unspecified atom stereocenters. The molecule has 2 rings (SSSR count). The van der Waals surface area contributed by atoms with Gasteiger partial charge in [0.05, 0.1) is 13.2 Å². The zero-order valence-electron chi connectivity index (χ0n) is 14.2. The molecule has 0 radical (unpaired) electrons. The van der Waals surface area contributed by atoms with Gasteiger partial charge in [-0.05, 0) is 38.4 Å². The molecule has 1 saturated heterocycles. The van der Waals surface area contributed by atoms with Crippen molar-refractivity contribution < 1.29 is 9.47 Å². The number of nitrogens with one attached hydrogen (secondary N) is 1.